The molecule has 0 heterocycles. The molecule has 1 aliphatic rings. The van der Waals surface area contributed by atoms with E-state index in [1.165, 1.54) is 36.1 Å². The first-order chi connectivity index (χ1) is 11.7. The topological polar surface area (TPSA) is 38.3 Å². The van der Waals surface area contributed by atoms with Crippen molar-refractivity contribution in [3.63, 3.8) is 0 Å². The van der Waals surface area contributed by atoms with Crippen molar-refractivity contribution in [3.05, 3.63) is 65.0 Å². The number of carbonyl (C=O) groups excluding carboxylic acids is 1. The molecule has 1 aliphatic carbocycles. The largest absolute Gasteiger partial charge is 0.492 e. The predicted octanol–water partition coefficient (Wildman–Crippen LogP) is 3.44. The van der Waals surface area contributed by atoms with Gasteiger partial charge in [-0.05, 0) is 66.6 Å². The number of fused-ring (bicyclic) bond motifs is 1. The lowest BCUT2D eigenvalue weighted by molar-refractivity contribution is -0.120. The Morgan fingerprint density at radius 2 is 1.79 bits per heavy atom. The zero-order valence-electron chi connectivity index (χ0n) is 13.7. The van der Waals surface area contributed by atoms with Crippen LogP contribution in [0.3, 0.4) is 0 Å². The quantitative estimate of drug-likeness (QED) is 0.826. The molecule has 1 N–H and O–H groups in total. The van der Waals surface area contributed by atoms with Crippen LogP contribution in [0.1, 0.15) is 29.5 Å². The molecule has 0 radical (unpaired) electrons. The summed E-state index contributed by atoms with van der Waals surface area (Å²) in [6.45, 7) is 0.794. The molecule has 24 heavy (non-hydrogen) atoms. The summed E-state index contributed by atoms with van der Waals surface area (Å²) in [5.74, 6) is 0.300. The maximum Gasteiger partial charge on any atom is 0.224 e. The molecule has 2 aromatic rings. The number of hydrogen-bond acceptors (Lipinski definition) is 2. The van der Waals surface area contributed by atoms with Gasteiger partial charge in [-0.3, -0.25) is 4.79 Å². The van der Waals surface area contributed by atoms with Gasteiger partial charge in [-0.1, -0.05) is 18.2 Å². The zero-order valence-corrected chi connectivity index (χ0v) is 13.7. The molecule has 0 fully saturated rings. The molecule has 0 bridgehead atoms. The summed E-state index contributed by atoms with van der Waals surface area (Å²) in [6, 6.07) is 12.2. The maximum atomic E-state index is 12.8. The van der Waals surface area contributed by atoms with Crippen LogP contribution in [0.2, 0.25) is 0 Å². The van der Waals surface area contributed by atoms with Crippen molar-refractivity contribution in [2.45, 2.75) is 32.1 Å². The third kappa shape index (κ3) is 4.57. The number of aryl methyl sites for hydroxylation is 2. The number of nitrogens with one attached hydrogen (secondary N) is 1. The monoisotopic (exact) mass is 327 g/mol. The molecule has 0 atom stereocenters. The van der Waals surface area contributed by atoms with Crippen molar-refractivity contribution < 1.29 is 13.9 Å². The van der Waals surface area contributed by atoms with Crippen molar-refractivity contribution in [1.29, 1.82) is 0 Å². The van der Waals surface area contributed by atoms with Gasteiger partial charge in [0.25, 0.3) is 0 Å². The molecule has 3 nitrogen and oxygen atoms in total. The van der Waals surface area contributed by atoms with Gasteiger partial charge in [-0.15, -0.1) is 0 Å². The summed E-state index contributed by atoms with van der Waals surface area (Å²) in [7, 11) is 0. The first-order valence-electron chi connectivity index (χ1n) is 8.46. The second kappa shape index (κ2) is 7.95. The van der Waals surface area contributed by atoms with E-state index in [0.717, 1.165) is 18.4 Å². The minimum atomic E-state index is -0.291. The van der Waals surface area contributed by atoms with Crippen LogP contribution in [0.25, 0.3) is 0 Å². The van der Waals surface area contributed by atoms with Gasteiger partial charge in [0.15, 0.2) is 0 Å². The van der Waals surface area contributed by atoms with Gasteiger partial charge in [0.2, 0.25) is 5.91 Å². The van der Waals surface area contributed by atoms with Gasteiger partial charge in [0, 0.05) is 0 Å². The lowest BCUT2D eigenvalue weighted by Gasteiger charge is -2.16. The number of carbonyl (C=O) groups is 1. The van der Waals surface area contributed by atoms with Crippen LogP contribution in [0, 0.1) is 5.82 Å². The second-order valence-corrected chi connectivity index (χ2v) is 6.14. The second-order valence-electron chi connectivity index (χ2n) is 6.14. The smallest absolute Gasteiger partial charge is 0.224 e. The molecular weight excluding hydrogens is 305 g/mol. The summed E-state index contributed by atoms with van der Waals surface area (Å²) < 4.78 is 18.2. The van der Waals surface area contributed by atoms with E-state index in [-0.39, 0.29) is 11.7 Å². The highest BCUT2D eigenvalue weighted by atomic mass is 19.1. The maximum absolute atomic E-state index is 12.8. The Kier molecular flexibility index (Phi) is 5.47. The van der Waals surface area contributed by atoms with Crippen molar-refractivity contribution in [1.82, 2.24) is 5.32 Å². The first kappa shape index (κ1) is 16.5. The molecule has 0 spiro atoms. The summed E-state index contributed by atoms with van der Waals surface area (Å²) in [5, 5.41) is 2.85. The Bertz CT molecular complexity index is 697. The molecule has 1 amide bonds. The van der Waals surface area contributed by atoms with Crippen molar-refractivity contribution >= 4 is 5.91 Å². The number of benzene rings is 2. The van der Waals surface area contributed by atoms with E-state index in [4.69, 9.17) is 4.74 Å². The highest BCUT2D eigenvalue weighted by Crippen LogP contribution is 2.22. The van der Waals surface area contributed by atoms with E-state index in [1.54, 1.807) is 12.1 Å². The van der Waals surface area contributed by atoms with Crippen LogP contribution in [-0.2, 0) is 24.1 Å². The molecule has 3 rings (SSSR count). The fourth-order valence-corrected chi connectivity index (χ4v) is 3.03. The van der Waals surface area contributed by atoms with Crippen LogP contribution in [-0.4, -0.2) is 19.1 Å². The molecule has 4 heteroatoms. The Labute approximate surface area is 141 Å². The van der Waals surface area contributed by atoms with Crippen LogP contribution in [0.4, 0.5) is 4.39 Å². The highest BCUT2D eigenvalue weighted by Gasteiger charge is 2.11. The average molecular weight is 327 g/mol. The van der Waals surface area contributed by atoms with Crippen molar-refractivity contribution in [2.24, 2.45) is 0 Å². The lowest BCUT2D eigenvalue weighted by atomic mass is 9.90. The molecule has 126 valence electrons. The van der Waals surface area contributed by atoms with E-state index >= 15 is 0 Å². The Hall–Kier alpha value is -2.36. The minimum absolute atomic E-state index is 0.00605. The van der Waals surface area contributed by atoms with Crippen LogP contribution in [0.5, 0.6) is 5.75 Å². The Balaban J connectivity index is 1.41. The summed E-state index contributed by atoms with van der Waals surface area (Å²) in [4.78, 5) is 12.0. The van der Waals surface area contributed by atoms with Gasteiger partial charge < -0.3 is 10.1 Å². The predicted molar refractivity (Wildman–Crippen MR) is 91.7 cm³/mol. The molecular formula is C20H22FNO2. The lowest BCUT2D eigenvalue weighted by Crippen LogP contribution is -2.29. The van der Waals surface area contributed by atoms with Gasteiger partial charge in [-0.25, -0.2) is 4.39 Å². The summed E-state index contributed by atoms with van der Waals surface area (Å²) in [6.07, 6.45) is 5.17. The van der Waals surface area contributed by atoms with Gasteiger partial charge in [-0.2, -0.15) is 0 Å². The summed E-state index contributed by atoms with van der Waals surface area (Å²) >= 11 is 0. The zero-order chi connectivity index (χ0) is 16.8. The van der Waals surface area contributed by atoms with Crippen molar-refractivity contribution in [3.8, 4) is 5.75 Å². The fraction of sp³-hybridized carbons (Fsp3) is 0.350. The SMILES string of the molecule is O=C(Cc1ccc2c(c1)CCCC2)NCCOc1ccc(F)cc1. The molecule has 0 aliphatic heterocycles. The Morgan fingerprint density at radius 3 is 2.58 bits per heavy atom. The molecule has 0 aromatic heterocycles. The summed E-state index contributed by atoms with van der Waals surface area (Å²) in [5.41, 5.74) is 3.89. The molecule has 0 saturated heterocycles. The van der Waals surface area contributed by atoms with E-state index in [2.05, 4.69) is 23.5 Å². The molecule has 2 aromatic carbocycles. The Morgan fingerprint density at radius 1 is 1.04 bits per heavy atom. The molecule has 0 unspecified atom stereocenters. The van der Waals surface area contributed by atoms with Crippen LogP contribution in [0.15, 0.2) is 42.5 Å². The molecule has 0 saturated carbocycles. The van der Waals surface area contributed by atoms with Gasteiger partial charge in [0.05, 0.1) is 13.0 Å². The van der Waals surface area contributed by atoms with Crippen molar-refractivity contribution in [2.75, 3.05) is 13.2 Å². The van der Waals surface area contributed by atoms with E-state index in [9.17, 15) is 9.18 Å². The van der Waals surface area contributed by atoms with E-state index < -0.39 is 0 Å². The number of rotatable bonds is 6. The standard InChI is InChI=1S/C20H22FNO2/c21-18-7-9-19(10-8-18)24-12-11-22-20(23)14-15-5-6-16-3-1-2-4-17(16)13-15/h5-10,13H,1-4,11-12,14H2,(H,22,23). The normalized spacial score (nSPS) is 13.2. The average Bonchev–Trinajstić information content (AvgIpc) is 2.60. The first-order valence-corrected chi connectivity index (χ1v) is 8.46. The number of hydrogen-bond donors (Lipinski definition) is 1. The number of amides is 1. The van der Waals surface area contributed by atoms with Crippen LogP contribution < -0.4 is 10.1 Å². The number of halogens is 1. The van der Waals surface area contributed by atoms with E-state index in [1.807, 2.05) is 0 Å². The fourth-order valence-electron chi connectivity index (χ4n) is 3.03. The minimum Gasteiger partial charge on any atom is -0.492 e. The van der Waals surface area contributed by atoms with Gasteiger partial charge >= 0.3 is 0 Å². The third-order valence-electron chi connectivity index (χ3n) is 4.28. The third-order valence-corrected chi connectivity index (χ3v) is 4.28. The van der Waals surface area contributed by atoms with Gasteiger partial charge in [0.1, 0.15) is 18.2 Å². The van der Waals surface area contributed by atoms with E-state index in [0.29, 0.717) is 25.3 Å². The van der Waals surface area contributed by atoms with Crippen LogP contribution >= 0.6 is 0 Å². The highest BCUT2D eigenvalue weighted by molar-refractivity contribution is 5.78. The number of ether oxygens (including phenoxy) is 1.